The van der Waals surface area contributed by atoms with Crippen LogP contribution in [0.25, 0.3) is 10.9 Å². The highest BCUT2D eigenvalue weighted by Gasteiger charge is 2.11. The highest BCUT2D eigenvalue weighted by atomic mass is 127. The molecule has 2 rings (SSSR count). The van der Waals surface area contributed by atoms with E-state index in [4.69, 9.17) is 5.26 Å². The summed E-state index contributed by atoms with van der Waals surface area (Å²) in [5.74, 6) is -0.691. The van der Waals surface area contributed by atoms with E-state index in [1.54, 1.807) is 31.1 Å². The molecule has 0 saturated heterocycles. The van der Waals surface area contributed by atoms with Gasteiger partial charge in [0.15, 0.2) is 6.29 Å². The Labute approximate surface area is 167 Å². The summed E-state index contributed by atoms with van der Waals surface area (Å²) in [6.07, 6.45) is 1.99. The molecule has 0 aliphatic heterocycles. The van der Waals surface area contributed by atoms with Crippen LogP contribution in [0.5, 0.6) is 0 Å². The molecule has 1 heterocycles. The van der Waals surface area contributed by atoms with Gasteiger partial charge in [-0.15, -0.1) is 0 Å². The third-order valence-corrected chi connectivity index (χ3v) is 4.86. The number of rotatable bonds is 4. The standard InChI is InChI=1S/C11H10FIN2OS.C6H8N2O/c1-6-3-8-4-9(12)10(14-7(2)16)5-11(8)15(6)17-13;1-8(2)4-6(3-7)5-9/h3-5H,1-2H3,(H,14,16);4-5H,1-2H3/b;6-4+. The lowest BCUT2D eigenvalue weighted by molar-refractivity contribution is -0.114. The minimum absolute atomic E-state index is 0.139. The summed E-state index contributed by atoms with van der Waals surface area (Å²) in [5, 5.41) is 11.5. The molecular weight excluding hydrogens is 470 g/mol. The van der Waals surface area contributed by atoms with Crippen LogP contribution in [-0.2, 0) is 9.59 Å². The summed E-state index contributed by atoms with van der Waals surface area (Å²) in [6, 6.07) is 6.75. The summed E-state index contributed by atoms with van der Waals surface area (Å²) >= 11 is 2.17. The fraction of sp³-hybridized carbons (Fsp3) is 0.235. The first-order chi connectivity index (χ1) is 12.2. The van der Waals surface area contributed by atoms with Crippen molar-refractivity contribution in [1.82, 2.24) is 8.87 Å². The Hall–Kier alpha value is -2.06. The van der Waals surface area contributed by atoms with E-state index < -0.39 is 5.82 Å². The molecule has 0 aliphatic carbocycles. The van der Waals surface area contributed by atoms with Crippen molar-refractivity contribution in [3.63, 3.8) is 0 Å². The van der Waals surface area contributed by atoms with Crippen LogP contribution in [-0.4, -0.2) is 35.2 Å². The molecule has 1 aromatic carbocycles. The molecule has 6 nitrogen and oxygen atoms in total. The van der Waals surface area contributed by atoms with E-state index in [1.165, 1.54) is 28.3 Å². The Kier molecular flexibility index (Phi) is 8.60. The Bertz CT molecular complexity index is 887. The van der Waals surface area contributed by atoms with Crippen molar-refractivity contribution in [3.05, 3.63) is 41.5 Å². The number of nitriles is 1. The zero-order valence-corrected chi connectivity index (χ0v) is 17.7. The first-order valence-electron chi connectivity index (χ1n) is 7.35. The van der Waals surface area contributed by atoms with Crippen LogP contribution in [0, 0.1) is 24.1 Å². The van der Waals surface area contributed by atoms with Gasteiger partial charge in [-0.3, -0.25) is 13.6 Å². The molecule has 0 spiro atoms. The second-order valence-corrected chi connectivity index (χ2v) is 7.18. The van der Waals surface area contributed by atoms with Gasteiger partial charge in [-0.1, -0.05) is 0 Å². The number of hydrogen-bond acceptors (Lipinski definition) is 5. The quantitative estimate of drug-likeness (QED) is 0.304. The fourth-order valence-corrected chi connectivity index (χ4v) is 4.05. The number of amides is 1. The molecule has 0 unspecified atom stereocenters. The molecule has 1 amide bonds. The van der Waals surface area contributed by atoms with Gasteiger partial charge in [0, 0.05) is 68.6 Å². The maximum atomic E-state index is 13.7. The molecule has 2 aromatic rings. The predicted molar refractivity (Wildman–Crippen MR) is 111 cm³/mol. The van der Waals surface area contributed by atoms with E-state index in [2.05, 4.69) is 26.5 Å². The van der Waals surface area contributed by atoms with Gasteiger partial charge in [-0.2, -0.15) is 5.26 Å². The maximum Gasteiger partial charge on any atom is 0.221 e. The fourth-order valence-electron chi connectivity index (χ4n) is 2.08. The number of aldehydes is 1. The Morgan fingerprint density at radius 3 is 2.50 bits per heavy atom. The number of allylic oxidation sites excluding steroid dienone is 1. The molecular formula is C17H18FIN4O2S. The number of hydrogen-bond donors (Lipinski definition) is 1. The zero-order chi connectivity index (χ0) is 19.9. The molecule has 0 saturated carbocycles. The van der Waals surface area contributed by atoms with Gasteiger partial charge in [0.1, 0.15) is 17.5 Å². The lowest BCUT2D eigenvalue weighted by atomic mass is 10.2. The highest BCUT2D eigenvalue weighted by Crippen LogP contribution is 2.31. The molecule has 138 valence electrons. The minimum atomic E-state index is -0.414. The van der Waals surface area contributed by atoms with E-state index in [1.807, 2.05) is 17.0 Å². The molecule has 0 aliphatic rings. The van der Waals surface area contributed by atoms with Crippen LogP contribution in [0.1, 0.15) is 12.6 Å². The molecule has 0 bridgehead atoms. The average molecular weight is 488 g/mol. The maximum absolute atomic E-state index is 13.7. The summed E-state index contributed by atoms with van der Waals surface area (Å²) in [4.78, 5) is 22.6. The normalized spacial score (nSPS) is 10.6. The SMILES string of the molecule is CC(=O)Nc1cc2c(cc1F)cc(C)n2SI.CN(C)/C=C(\C#N)C=O. The third kappa shape index (κ3) is 6.03. The largest absolute Gasteiger partial charge is 0.382 e. The van der Waals surface area contributed by atoms with Crippen LogP contribution in [0.3, 0.4) is 0 Å². The van der Waals surface area contributed by atoms with Crippen molar-refractivity contribution in [2.24, 2.45) is 0 Å². The number of aromatic nitrogens is 1. The number of nitrogens with zero attached hydrogens (tertiary/aromatic N) is 3. The Morgan fingerprint density at radius 1 is 1.42 bits per heavy atom. The van der Waals surface area contributed by atoms with Crippen molar-refractivity contribution >= 4 is 59.1 Å². The van der Waals surface area contributed by atoms with E-state index in [-0.39, 0.29) is 17.2 Å². The van der Waals surface area contributed by atoms with Crippen LogP contribution in [0.2, 0.25) is 0 Å². The van der Waals surface area contributed by atoms with Crippen LogP contribution < -0.4 is 5.32 Å². The molecule has 1 N–H and O–H groups in total. The van der Waals surface area contributed by atoms with Gasteiger partial charge in [-0.25, -0.2) is 4.39 Å². The molecule has 0 atom stereocenters. The minimum Gasteiger partial charge on any atom is -0.382 e. The lowest BCUT2D eigenvalue weighted by Gasteiger charge is -2.06. The second kappa shape index (κ2) is 10.2. The van der Waals surface area contributed by atoms with E-state index >= 15 is 0 Å². The summed E-state index contributed by atoms with van der Waals surface area (Å²) < 4.78 is 15.7. The number of anilines is 1. The van der Waals surface area contributed by atoms with Gasteiger partial charge >= 0.3 is 0 Å². The van der Waals surface area contributed by atoms with Crippen LogP contribution in [0.4, 0.5) is 10.1 Å². The Morgan fingerprint density at radius 2 is 2.08 bits per heavy atom. The van der Waals surface area contributed by atoms with Crippen molar-refractivity contribution in [3.8, 4) is 6.07 Å². The second-order valence-electron chi connectivity index (χ2n) is 5.50. The average Bonchev–Trinajstić information content (AvgIpc) is 2.87. The van der Waals surface area contributed by atoms with Crippen molar-refractivity contribution in [2.75, 3.05) is 19.4 Å². The van der Waals surface area contributed by atoms with Gasteiger partial charge in [0.05, 0.1) is 11.2 Å². The number of benzene rings is 1. The number of aryl methyl sites for hydroxylation is 1. The molecule has 1 aromatic heterocycles. The smallest absolute Gasteiger partial charge is 0.221 e. The number of nitrogens with one attached hydrogen (secondary N) is 1. The molecule has 0 radical (unpaired) electrons. The predicted octanol–water partition coefficient (Wildman–Crippen LogP) is 4.05. The first kappa shape index (κ1) is 22.0. The van der Waals surface area contributed by atoms with Gasteiger partial charge in [0.2, 0.25) is 5.91 Å². The van der Waals surface area contributed by atoms with Crippen molar-refractivity contribution < 1.29 is 14.0 Å². The lowest BCUT2D eigenvalue weighted by Crippen LogP contribution is -2.07. The number of fused-ring (bicyclic) bond motifs is 1. The highest BCUT2D eigenvalue weighted by molar-refractivity contribution is 14.2. The van der Waals surface area contributed by atoms with Gasteiger partial charge < -0.3 is 10.2 Å². The number of carbonyl (C=O) groups excluding carboxylic acids is 2. The summed E-state index contributed by atoms with van der Waals surface area (Å²) in [7, 11) is 5.02. The molecule has 9 heteroatoms. The third-order valence-electron chi connectivity index (χ3n) is 3.05. The summed E-state index contributed by atoms with van der Waals surface area (Å²) in [6.45, 7) is 3.32. The van der Waals surface area contributed by atoms with Crippen molar-refractivity contribution in [2.45, 2.75) is 13.8 Å². The van der Waals surface area contributed by atoms with E-state index in [9.17, 15) is 14.0 Å². The monoisotopic (exact) mass is 488 g/mol. The topological polar surface area (TPSA) is 78.1 Å². The number of carbonyl (C=O) groups is 2. The first-order valence-corrected chi connectivity index (χ1v) is 10.7. The van der Waals surface area contributed by atoms with Crippen LogP contribution >= 0.6 is 30.3 Å². The van der Waals surface area contributed by atoms with E-state index in [0.29, 0.717) is 6.29 Å². The molecule has 0 fully saturated rings. The Balaban J connectivity index is 0.000000321. The summed E-state index contributed by atoms with van der Waals surface area (Å²) in [5.41, 5.74) is 2.29. The van der Waals surface area contributed by atoms with Crippen LogP contribution in [0.15, 0.2) is 30.0 Å². The number of halogens is 2. The van der Waals surface area contributed by atoms with Gasteiger partial charge in [0.25, 0.3) is 0 Å². The van der Waals surface area contributed by atoms with Crippen molar-refractivity contribution in [1.29, 1.82) is 5.26 Å². The molecule has 26 heavy (non-hydrogen) atoms. The zero-order valence-electron chi connectivity index (χ0n) is 14.7. The van der Waals surface area contributed by atoms with Gasteiger partial charge in [-0.05, 0) is 25.1 Å². The van der Waals surface area contributed by atoms with E-state index in [0.717, 1.165) is 16.6 Å².